The number of nitrogens with zero attached hydrogens (tertiary/aromatic N) is 3. The third-order valence-corrected chi connectivity index (χ3v) is 3.00. The SMILES string of the molecule is NC(=O)C1COCCN1c1nc(C(=O)O)ccc1[N+](=O)[O-]. The molecule has 1 aliphatic rings. The third kappa shape index (κ3) is 2.89. The largest absolute Gasteiger partial charge is 0.477 e. The number of nitro groups is 1. The summed E-state index contributed by atoms with van der Waals surface area (Å²) in [4.78, 5) is 37.8. The minimum atomic E-state index is -1.32. The first kappa shape index (κ1) is 14.7. The number of hydrogen-bond acceptors (Lipinski definition) is 7. The molecule has 2 heterocycles. The summed E-state index contributed by atoms with van der Waals surface area (Å²) in [5.41, 5.74) is 4.49. The van der Waals surface area contributed by atoms with Crippen molar-refractivity contribution in [3.63, 3.8) is 0 Å². The molecular formula is C11H12N4O6. The molecule has 1 aromatic heterocycles. The highest BCUT2D eigenvalue weighted by molar-refractivity contribution is 5.88. The van der Waals surface area contributed by atoms with Gasteiger partial charge in [0.05, 0.1) is 18.1 Å². The lowest BCUT2D eigenvalue weighted by molar-refractivity contribution is -0.384. The molecule has 112 valence electrons. The van der Waals surface area contributed by atoms with Crippen LogP contribution in [0.5, 0.6) is 0 Å². The second kappa shape index (κ2) is 5.71. The number of aromatic nitrogens is 1. The molecule has 1 aliphatic heterocycles. The zero-order valence-electron chi connectivity index (χ0n) is 10.8. The number of morpholine rings is 1. The molecule has 0 bridgehead atoms. The average molecular weight is 296 g/mol. The summed E-state index contributed by atoms with van der Waals surface area (Å²) in [7, 11) is 0. The molecule has 21 heavy (non-hydrogen) atoms. The van der Waals surface area contributed by atoms with E-state index < -0.39 is 28.5 Å². The van der Waals surface area contributed by atoms with E-state index in [0.29, 0.717) is 0 Å². The van der Waals surface area contributed by atoms with E-state index >= 15 is 0 Å². The first-order valence-corrected chi connectivity index (χ1v) is 5.94. The predicted molar refractivity (Wildman–Crippen MR) is 69.0 cm³/mol. The number of rotatable bonds is 4. The Balaban J connectivity index is 2.52. The van der Waals surface area contributed by atoms with E-state index in [1.54, 1.807) is 0 Å². The van der Waals surface area contributed by atoms with E-state index in [9.17, 15) is 19.7 Å². The van der Waals surface area contributed by atoms with E-state index in [1.807, 2.05) is 0 Å². The zero-order chi connectivity index (χ0) is 15.6. The lowest BCUT2D eigenvalue weighted by Crippen LogP contribution is -2.53. The van der Waals surface area contributed by atoms with Crippen LogP contribution < -0.4 is 10.6 Å². The van der Waals surface area contributed by atoms with Crippen molar-refractivity contribution in [1.82, 2.24) is 4.98 Å². The van der Waals surface area contributed by atoms with Gasteiger partial charge in [0.25, 0.3) is 0 Å². The number of carbonyl (C=O) groups is 2. The van der Waals surface area contributed by atoms with Crippen molar-refractivity contribution < 1.29 is 24.4 Å². The highest BCUT2D eigenvalue weighted by Gasteiger charge is 2.33. The molecule has 1 unspecified atom stereocenters. The number of primary amides is 1. The highest BCUT2D eigenvalue weighted by Crippen LogP contribution is 2.28. The Morgan fingerprint density at radius 2 is 2.24 bits per heavy atom. The van der Waals surface area contributed by atoms with E-state index in [2.05, 4.69) is 4.98 Å². The molecule has 1 amide bonds. The molecule has 1 atom stereocenters. The highest BCUT2D eigenvalue weighted by atomic mass is 16.6. The van der Waals surface area contributed by atoms with Gasteiger partial charge in [-0.15, -0.1) is 0 Å². The maximum atomic E-state index is 11.4. The lowest BCUT2D eigenvalue weighted by atomic mass is 10.2. The average Bonchev–Trinajstić information content (AvgIpc) is 2.46. The van der Waals surface area contributed by atoms with Gasteiger partial charge in [0.15, 0.2) is 5.69 Å². The van der Waals surface area contributed by atoms with Crippen LogP contribution in [-0.4, -0.2) is 52.7 Å². The lowest BCUT2D eigenvalue weighted by Gasteiger charge is -2.34. The number of amides is 1. The number of pyridine rings is 1. The van der Waals surface area contributed by atoms with Crippen molar-refractivity contribution >= 4 is 23.4 Å². The minimum absolute atomic E-state index is 0.0362. The monoisotopic (exact) mass is 296 g/mol. The molecule has 0 spiro atoms. The van der Waals surface area contributed by atoms with Gasteiger partial charge in [-0.05, 0) is 6.07 Å². The zero-order valence-corrected chi connectivity index (χ0v) is 10.8. The van der Waals surface area contributed by atoms with Gasteiger partial charge in [-0.2, -0.15) is 0 Å². The fourth-order valence-corrected chi connectivity index (χ4v) is 2.01. The summed E-state index contributed by atoms with van der Waals surface area (Å²) < 4.78 is 5.12. The third-order valence-electron chi connectivity index (χ3n) is 3.00. The van der Waals surface area contributed by atoms with Crippen molar-refractivity contribution in [2.75, 3.05) is 24.7 Å². The van der Waals surface area contributed by atoms with Crippen molar-refractivity contribution in [2.24, 2.45) is 5.73 Å². The maximum Gasteiger partial charge on any atom is 0.354 e. The molecule has 10 heteroatoms. The van der Waals surface area contributed by atoms with E-state index in [4.69, 9.17) is 15.6 Å². The summed E-state index contributed by atoms with van der Waals surface area (Å²) in [6.45, 7) is 0.329. The van der Waals surface area contributed by atoms with Crippen LogP contribution in [-0.2, 0) is 9.53 Å². The first-order valence-electron chi connectivity index (χ1n) is 5.94. The van der Waals surface area contributed by atoms with Gasteiger partial charge in [-0.25, -0.2) is 9.78 Å². The molecule has 1 aromatic rings. The first-order chi connectivity index (χ1) is 9.91. The van der Waals surface area contributed by atoms with Crippen LogP contribution in [0.2, 0.25) is 0 Å². The summed E-state index contributed by atoms with van der Waals surface area (Å²) in [6.07, 6.45) is 0. The van der Waals surface area contributed by atoms with E-state index in [1.165, 1.54) is 4.90 Å². The molecule has 0 aliphatic carbocycles. The van der Waals surface area contributed by atoms with Gasteiger partial charge >= 0.3 is 11.7 Å². The number of anilines is 1. The Labute approximate surface area is 118 Å². The molecule has 2 rings (SSSR count). The summed E-state index contributed by atoms with van der Waals surface area (Å²) in [5.74, 6) is -2.26. The number of nitrogens with two attached hydrogens (primary N) is 1. The van der Waals surface area contributed by atoms with Gasteiger partial charge < -0.3 is 20.5 Å². The second-order valence-electron chi connectivity index (χ2n) is 4.29. The standard InChI is InChI=1S/C11H12N4O6/c12-9(16)8-5-21-4-3-14(8)10-7(15(19)20)2-1-6(13-10)11(17)18/h1-2,8H,3-5H2,(H2,12,16)(H,17,18). The summed E-state index contributed by atoms with van der Waals surface area (Å²) in [5, 5.41) is 20.0. The van der Waals surface area contributed by atoms with Crippen LogP contribution in [0.25, 0.3) is 0 Å². The summed E-state index contributed by atoms with van der Waals surface area (Å²) in [6, 6.07) is 1.14. The number of hydrogen-bond donors (Lipinski definition) is 2. The Hall–Kier alpha value is -2.75. The molecule has 0 aromatic carbocycles. The fourth-order valence-electron chi connectivity index (χ4n) is 2.01. The number of aromatic carboxylic acids is 1. The molecular weight excluding hydrogens is 284 g/mol. The van der Waals surface area contributed by atoms with Gasteiger partial charge in [-0.3, -0.25) is 14.9 Å². The van der Waals surface area contributed by atoms with Crippen LogP contribution in [0.15, 0.2) is 12.1 Å². The smallest absolute Gasteiger partial charge is 0.354 e. The van der Waals surface area contributed by atoms with Gasteiger partial charge in [0.1, 0.15) is 6.04 Å². The van der Waals surface area contributed by atoms with E-state index in [-0.39, 0.29) is 31.3 Å². The van der Waals surface area contributed by atoms with Crippen LogP contribution in [0.1, 0.15) is 10.5 Å². The summed E-state index contributed by atoms with van der Waals surface area (Å²) >= 11 is 0. The van der Waals surface area contributed by atoms with Crippen molar-refractivity contribution in [3.8, 4) is 0 Å². The minimum Gasteiger partial charge on any atom is -0.477 e. The molecule has 0 saturated carbocycles. The molecule has 3 N–H and O–H groups in total. The topological polar surface area (TPSA) is 149 Å². The molecule has 1 fully saturated rings. The van der Waals surface area contributed by atoms with Crippen LogP contribution in [0.3, 0.4) is 0 Å². The molecule has 0 radical (unpaired) electrons. The van der Waals surface area contributed by atoms with Crippen molar-refractivity contribution in [1.29, 1.82) is 0 Å². The normalized spacial score (nSPS) is 18.3. The Kier molecular flexibility index (Phi) is 3.98. The van der Waals surface area contributed by atoms with Crippen molar-refractivity contribution in [2.45, 2.75) is 6.04 Å². The molecule has 10 nitrogen and oxygen atoms in total. The van der Waals surface area contributed by atoms with Gasteiger partial charge in [0.2, 0.25) is 11.7 Å². The van der Waals surface area contributed by atoms with Crippen LogP contribution in [0, 0.1) is 10.1 Å². The fraction of sp³-hybridized carbons (Fsp3) is 0.364. The predicted octanol–water partition coefficient (Wildman–Crippen LogP) is -0.621. The van der Waals surface area contributed by atoms with Crippen LogP contribution >= 0.6 is 0 Å². The maximum absolute atomic E-state index is 11.4. The van der Waals surface area contributed by atoms with Crippen LogP contribution in [0.4, 0.5) is 11.5 Å². The van der Waals surface area contributed by atoms with Crippen molar-refractivity contribution in [3.05, 3.63) is 27.9 Å². The number of carbonyl (C=O) groups excluding carboxylic acids is 1. The van der Waals surface area contributed by atoms with E-state index in [0.717, 1.165) is 12.1 Å². The Morgan fingerprint density at radius 1 is 1.52 bits per heavy atom. The Morgan fingerprint density at radius 3 is 2.81 bits per heavy atom. The molecule has 1 saturated heterocycles. The number of ether oxygens (including phenoxy) is 1. The number of carboxylic acids is 1. The Bertz CT molecular complexity index is 604. The van der Waals surface area contributed by atoms with Gasteiger partial charge in [0, 0.05) is 12.6 Å². The number of carboxylic acid groups (broad SMARTS) is 1. The second-order valence-corrected chi connectivity index (χ2v) is 4.29. The van der Waals surface area contributed by atoms with Gasteiger partial charge in [-0.1, -0.05) is 0 Å². The quantitative estimate of drug-likeness (QED) is 0.551.